The number of amides is 3. The average molecular weight is 498 g/mol. The van der Waals surface area contributed by atoms with Gasteiger partial charge in [0.1, 0.15) is 18.4 Å². The summed E-state index contributed by atoms with van der Waals surface area (Å²) in [6, 6.07) is 11.0. The molecule has 2 aliphatic heterocycles. The molecular formula is C25H25ClFN5O3. The van der Waals surface area contributed by atoms with Crippen molar-refractivity contribution in [1.29, 1.82) is 0 Å². The lowest BCUT2D eigenvalue weighted by atomic mass is 9.74. The van der Waals surface area contributed by atoms with Gasteiger partial charge < -0.3 is 16.0 Å². The first-order chi connectivity index (χ1) is 16.8. The third kappa shape index (κ3) is 4.25. The van der Waals surface area contributed by atoms with Crippen molar-refractivity contribution in [3.63, 3.8) is 0 Å². The van der Waals surface area contributed by atoms with Gasteiger partial charge in [0, 0.05) is 23.5 Å². The van der Waals surface area contributed by atoms with E-state index in [1.54, 1.807) is 41.3 Å². The number of primary amides is 1. The SMILES string of the molecule is NC(=O)c1nn(CC(=O)N2[C@H]3CC[C@@H](CC3)[C@@H]2C(=O)NCc2cccc(Cl)c2F)c2ccccc12. The minimum absolute atomic E-state index is 0.00736. The number of fused-ring (bicyclic) bond motifs is 4. The lowest BCUT2D eigenvalue weighted by molar-refractivity contribution is -0.154. The van der Waals surface area contributed by atoms with Gasteiger partial charge in [-0.2, -0.15) is 5.10 Å². The lowest BCUT2D eigenvalue weighted by Crippen LogP contribution is -2.63. The van der Waals surface area contributed by atoms with Gasteiger partial charge in [0.25, 0.3) is 5.91 Å². The second kappa shape index (κ2) is 9.30. The molecule has 10 heteroatoms. The van der Waals surface area contributed by atoms with Crippen molar-refractivity contribution in [3.8, 4) is 0 Å². The van der Waals surface area contributed by atoms with Crippen molar-refractivity contribution in [1.82, 2.24) is 20.0 Å². The number of hydrogen-bond acceptors (Lipinski definition) is 4. The fourth-order valence-electron chi connectivity index (χ4n) is 5.46. The van der Waals surface area contributed by atoms with Crippen LogP contribution in [-0.2, 0) is 22.7 Å². The average Bonchev–Trinajstić information content (AvgIpc) is 3.23. The number of piperidine rings is 2. The Labute approximate surface area is 206 Å². The van der Waals surface area contributed by atoms with E-state index >= 15 is 0 Å². The zero-order valence-electron chi connectivity index (χ0n) is 18.9. The van der Waals surface area contributed by atoms with E-state index in [1.807, 2.05) is 0 Å². The van der Waals surface area contributed by atoms with Crippen LogP contribution < -0.4 is 11.1 Å². The predicted molar refractivity (Wildman–Crippen MR) is 128 cm³/mol. The maximum absolute atomic E-state index is 14.3. The highest BCUT2D eigenvalue weighted by atomic mass is 35.5. The normalized spacial score (nSPS) is 21.3. The van der Waals surface area contributed by atoms with E-state index in [9.17, 15) is 18.8 Å². The van der Waals surface area contributed by atoms with Gasteiger partial charge in [0.2, 0.25) is 11.8 Å². The summed E-state index contributed by atoms with van der Waals surface area (Å²) >= 11 is 5.86. The Bertz CT molecular complexity index is 1320. The summed E-state index contributed by atoms with van der Waals surface area (Å²) in [6.07, 6.45) is 3.37. The fourth-order valence-corrected chi connectivity index (χ4v) is 5.65. The summed E-state index contributed by atoms with van der Waals surface area (Å²) in [4.78, 5) is 40.4. The first-order valence-corrected chi connectivity index (χ1v) is 12.0. The van der Waals surface area contributed by atoms with E-state index in [4.69, 9.17) is 17.3 Å². The monoisotopic (exact) mass is 497 g/mol. The van der Waals surface area contributed by atoms with Crippen LogP contribution in [0.5, 0.6) is 0 Å². The number of hydrogen-bond donors (Lipinski definition) is 2. The second-order valence-electron chi connectivity index (χ2n) is 9.13. The Morgan fingerprint density at radius 3 is 2.57 bits per heavy atom. The summed E-state index contributed by atoms with van der Waals surface area (Å²) in [5.41, 5.74) is 6.49. The zero-order valence-corrected chi connectivity index (χ0v) is 19.7. The summed E-state index contributed by atoms with van der Waals surface area (Å²) < 4.78 is 15.8. The number of carbonyl (C=O) groups excluding carboxylic acids is 3. The third-order valence-electron chi connectivity index (χ3n) is 7.10. The molecule has 3 heterocycles. The van der Waals surface area contributed by atoms with E-state index in [-0.39, 0.29) is 53.1 Å². The molecule has 3 aromatic rings. The molecule has 2 bridgehead atoms. The van der Waals surface area contributed by atoms with Crippen molar-refractivity contribution in [2.75, 3.05) is 0 Å². The number of carbonyl (C=O) groups is 3. The number of benzene rings is 2. The van der Waals surface area contributed by atoms with Crippen LogP contribution in [0.3, 0.4) is 0 Å². The molecule has 182 valence electrons. The Balaban J connectivity index is 1.38. The van der Waals surface area contributed by atoms with Crippen molar-refractivity contribution in [3.05, 3.63) is 64.6 Å². The topological polar surface area (TPSA) is 110 Å². The summed E-state index contributed by atoms with van der Waals surface area (Å²) in [7, 11) is 0. The van der Waals surface area contributed by atoms with Crippen LogP contribution in [0, 0.1) is 11.7 Å². The maximum atomic E-state index is 14.3. The number of nitrogens with zero attached hydrogens (tertiary/aromatic N) is 3. The first-order valence-electron chi connectivity index (χ1n) is 11.6. The van der Waals surface area contributed by atoms with Gasteiger partial charge in [-0.15, -0.1) is 0 Å². The molecule has 3 fully saturated rings. The van der Waals surface area contributed by atoms with E-state index < -0.39 is 17.8 Å². The molecular weight excluding hydrogens is 473 g/mol. The van der Waals surface area contributed by atoms with Crippen molar-refractivity contribution in [2.24, 2.45) is 11.7 Å². The Hall–Kier alpha value is -3.46. The lowest BCUT2D eigenvalue weighted by Gasteiger charge is -2.50. The molecule has 2 aromatic carbocycles. The highest BCUT2D eigenvalue weighted by molar-refractivity contribution is 6.30. The van der Waals surface area contributed by atoms with Crippen LogP contribution in [0.15, 0.2) is 42.5 Å². The molecule has 0 radical (unpaired) electrons. The van der Waals surface area contributed by atoms with E-state index in [2.05, 4.69) is 10.4 Å². The van der Waals surface area contributed by atoms with Crippen LogP contribution in [0.4, 0.5) is 4.39 Å². The molecule has 1 atom stereocenters. The van der Waals surface area contributed by atoms with E-state index in [1.165, 1.54) is 10.7 Å². The van der Waals surface area contributed by atoms with Gasteiger partial charge in [-0.3, -0.25) is 19.1 Å². The van der Waals surface area contributed by atoms with Gasteiger partial charge in [-0.25, -0.2) is 4.39 Å². The summed E-state index contributed by atoms with van der Waals surface area (Å²) in [5, 5.41) is 7.66. The Morgan fingerprint density at radius 2 is 1.83 bits per heavy atom. The molecule has 3 N–H and O–H groups in total. The summed E-state index contributed by atoms with van der Waals surface area (Å²) in [5.74, 6) is -1.77. The van der Waals surface area contributed by atoms with Crippen LogP contribution in [0.25, 0.3) is 10.9 Å². The van der Waals surface area contributed by atoms with Crippen LogP contribution >= 0.6 is 11.6 Å². The number of halogens is 2. The van der Waals surface area contributed by atoms with E-state index in [0.29, 0.717) is 10.9 Å². The first kappa shape index (κ1) is 23.3. The maximum Gasteiger partial charge on any atom is 0.269 e. The van der Waals surface area contributed by atoms with Crippen LogP contribution in [0.1, 0.15) is 41.7 Å². The molecule has 35 heavy (non-hydrogen) atoms. The number of aromatic nitrogens is 2. The number of rotatable bonds is 6. The smallest absolute Gasteiger partial charge is 0.269 e. The Kier molecular flexibility index (Phi) is 6.19. The predicted octanol–water partition coefficient (Wildman–Crippen LogP) is 3.01. The van der Waals surface area contributed by atoms with Gasteiger partial charge in [0.15, 0.2) is 5.69 Å². The largest absolute Gasteiger partial charge is 0.364 e. The highest BCUT2D eigenvalue weighted by Crippen LogP contribution is 2.40. The third-order valence-corrected chi connectivity index (χ3v) is 7.39. The van der Waals surface area contributed by atoms with Crippen molar-refractivity contribution >= 4 is 40.2 Å². The molecule has 0 spiro atoms. The van der Waals surface area contributed by atoms with Gasteiger partial charge >= 0.3 is 0 Å². The van der Waals surface area contributed by atoms with Crippen LogP contribution in [-0.4, -0.2) is 44.5 Å². The molecule has 6 rings (SSSR count). The molecule has 3 aliphatic rings. The number of nitrogens with two attached hydrogens (primary N) is 1. The fraction of sp³-hybridized carbons (Fsp3) is 0.360. The second-order valence-corrected chi connectivity index (χ2v) is 9.54. The molecule has 8 nitrogen and oxygen atoms in total. The molecule has 3 amide bonds. The van der Waals surface area contributed by atoms with Gasteiger partial charge in [-0.05, 0) is 43.7 Å². The highest BCUT2D eigenvalue weighted by Gasteiger charge is 2.47. The number of nitrogens with one attached hydrogen (secondary N) is 1. The minimum atomic E-state index is -0.671. The number of para-hydroxylation sites is 1. The summed E-state index contributed by atoms with van der Waals surface area (Å²) in [6.45, 7) is -0.142. The zero-order chi connectivity index (χ0) is 24.7. The molecule has 1 aromatic heterocycles. The van der Waals surface area contributed by atoms with Crippen LogP contribution in [0.2, 0.25) is 5.02 Å². The van der Waals surface area contributed by atoms with Gasteiger partial charge in [-0.1, -0.05) is 41.9 Å². The quantitative estimate of drug-likeness (QED) is 0.545. The van der Waals surface area contributed by atoms with Crippen molar-refractivity contribution in [2.45, 2.75) is 50.9 Å². The van der Waals surface area contributed by atoms with Crippen molar-refractivity contribution < 1.29 is 18.8 Å². The minimum Gasteiger partial charge on any atom is -0.364 e. The molecule has 2 saturated heterocycles. The Morgan fingerprint density at radius 1 is 1.09 bits per heavy atom. The molecule has 0 unspecified atom stereocenters. The van der Waals surface area contributed by atoms with E-state index in [0.717, 1.165) is 25.7 Å². The van der Waals surface area contributed by atoms with Gasteiger partial charge in [0.05, 0.1) is 10.5 Å². The standard InChI is InChI=1S/C25H25ClFN5O3/c26-18-6-3-4-15(21(18)27)12-29-25(35)23-14-8-10-16(11-9-14)32(23)20(33)13-31-19-7-2-1-5-17(19)22(30-31)24(28)34/h1-7,14,16,23H,8-13H2,(H2,28,34)(H,29,35)/t14-,16-,23-/m1/s1. The molecule has 1 saturated carbocycles. The molecule has 1 aliphatic carbocycles.